The molecule has 3 rings (SSSR count). The molecule has 1 fully saturated rings. The molecule has 4 nitrogen and oxygen atoms in total. The van der Waals surface area contributed by atoms with Crippen LogP contribution in [0.2, 0.25) is 0 Å². The first-order chi connectivity index (χ1) is 12.2. The van der Waals surface area contributed by atoms with Crippen LogP contribution in [0.25, 0.3) is 0 Å². The smallest absolute Gasteiger partial charge is 0.223 e. The van der Waals surface area contributed by atoms with Crippen LogP contribution >= 0.6 is 0 Å². The van der Waals surface area contributed by atoms with E-state index in [2.05, 4.69) is 11.0 Å². The highest BCUT2D eigenvalue weighted by atomic mass is 19.1. The Morgan fingerprint density at radius 2 is 1.80 bits per heavy atom. The molecule has 5 heteroatoms. The summed E-state index contributed by atoms with van der Waals surface area (Å²) in [6.45, 7) is 3.07. The van der Waals surface area contributed by atoms with E-state index in [0.29, 0.717) is 12.8 Å². The number of piperazine rings is 1. The number of hydrogen-bond acceptors (Lipinski definition) is 3. The zero-order chi connectivity index (χ0) is 17.6. The van der Waals surface area contributed by atoms with E-state index in [0.717, 1.165) is 43.2 Å². The number of aryl methyl sites for hydroxylation is 1. The number of carbonyl (C=O) groups is 1. The summed E-state index contributed by atoms with van der Waals surface area (Å²) in [5.74, 6) is 0.758. The van der Waals surface area contributed by atoms with Gasteiger partial charge in [0.05, 0.1) is 7.11 Å². The predicted octanol–water partition coefficient (Wildman–Crippen LogP) is 3.12. The van der Waals surface area contributed by atoms with Crippen molar-refractivity contribution >= 4 is 11.6 Å². The van der Waals surface area contributed by atoms with E-state index in [9.17, 15) is 9.18 Å². The molecule has 0 radical (unpaired) electrons. The van der Waals surface area contributed by atoms with Crippen LogP contribution in [-0.2, 0) is 11.2 Å². The Labute approximate surface area is 147 Å². The number of amides is 1. The molecule has 0 aromatic heterocycles. The normalized spacial score (nSPS) is 14.5. The number of methoxy groups -OCH3 is 1. The number of benzene rings is 2. The lowest BCUT2D eigenvalue weighted by Crippen LogP contribution is -2.48. The molecule has 25 heavy (non-hydrogen) atoms. The van der Waals surface area contributed by atoms with Crippen molar-refractivity contribution in [3.05, 3.63) is 59.9 Å². The van der Waals surface area contributed by atoms with Crippen LogP contribution < -0.4 is 9.64 Å². The van der Waals surface area contributed by atoms with Gasteiger partial charge < -0.3 is 14.5 Å². The summed E-state index contributed by atoms with van der Waals surface area (Å²) >= 11 is 0. The van der Waals surface area contributed by atoms with Crippen molar-refractivity contribution < 1.29 is 13.9 Å². The molecular weight excluding hydrogens is 319 g/mol. The monoisotopic (exact) mass is 342 g/mol. The van der Waals surface area contributed by atoms with E-state index in [1.807, 2.05) is 23.1 Å². The number of halogens is 1. The largest absolute Gasteiger partial charge is 0.497 e. The zero-order valence-electron chi connectivity index (χ0n) is 14.5. The summed E-state index contributed by atoms with van der Waals surface area (Å²) in [5, 5.41) is 0. The molecule has 0 bridgehead atoms. The highest BCUT2D eigenvalue weighted by molar-refractivity contribution is 5.76. The number of rotatable bonds is 5. The van der Waals surface area contributed by atoms with Crippen LogP contribution in [0.1, 0.15) is 12.0 Å². The average Bonchev–Trinajstić information content (AvgIpc) is 2.67. The molecule has 0 saturated carbocycles. The number of nitrogens with zero attached hydrogens (tertiary/aromatic N) is 2. The molecule has 1 amide bonds. The van der Waals surface area contributed by atoms with Gasteiger partial charge in [-0.3, -0.25) is 4.79 Å². The van der Waals surface area contributed by atoms with E-state index < -0.39 is 0 Å². The minimum atomic E-state index is -0.247. The van der Waals surface area contributed by atoms with Gasteiger partial charge in [0.25, 0.3) is 0 Å². The quantitative estimate of drug-likeness (QED) is 0.837. The second-order valence-electron chi connectivity index (χ2n) is 6.20. The fourth-order valence-corrected chi connectivity index (χ4v) is 3.08. The molecule has 0 spiro atoms. The van der Waals surface area contributed by atoms with Crippen LogP contribution in [0.5, 0.6) is 5.75 Å². The standard InChI is InChI=1S/C20H23FN2O2/c1-25-19-4-2-3-18(15-19)22-11-13-23(14-12-22)20(24)10-7-16-5-8-17(21)9-6-16/h2-6,8-9,15H,7,10-14H2,1H3. The summed E-state index contributed by atoms with van der Waals surface area (Å²) in [5.41, 5.74) is 2.11. The van der Waals surface area contributed by atoms with E-state index in [4.69, 9.17) is 4.74 Å². The first-order valence-corrected chi connectivity index (χ1v) is 8.57. The Morgan fingerprint density at radius 3 is 2.48 bits per heavy atom. The van der Waals surface area contributed by atoms with Gasteiger partial charge in [-0.2, -0.15) is 0 Å². The fourth-order valence-electron chi connectivity index (χ4n) is 3.08. The summed E-state index contributed by atoms with van der Waals surface area (Å²) in [4.78, 5) is 16.6. The topological polar surface area (TPSA) is 32.8 Å². The van der Waals surface area contributed by atoms with Gasteiger partial charge in [-0.05, 0) is 36.2 Å². The maximum absolute atomic E-state index is 12.9. The highest BCUT2D eigenvalue weighted by Gasteiger charge is 2.21. The molecule has 0 atom stereocenters. The molecule has 0 aliphatic carbocycles. The molecule has 1 saturated heterocycles. The van der Waals surface area contributed by atoms with Gasteiger partial charge in [0.15, 0.2) is 0 Å². The van der Waals surface area contributed by atoms with Crippen LogP contribution in [0.15, 0.2) is 48.5 Å². The fraction of sp³-hybridized carbons (Fsp3) is 0.350. The molecule has 2 aromatic carbocycles. The first-order valence-electron chi connectivity index (χ1n) is 8.57. The van der Waals surface area contributed by atoms with Gasteiger partial charge in [-0.25, -0.2) is 4.39 Å². The Hall–Kier alpha value is -2.56. The molecule has 132 valence electrons. The molecule has 0 N–H and O–H groups in total. The molecule has 1 aliphatic heterocycles. The van der Waals surface area contributed by atoms with Gasteiger partial charge in [-0.1, -0.05) is 18.2 Å². The minimum absolute atomic E-state index is 0.162. The molecule has 2 aromatic rings. The van der Waals surface area contributed by atoms with Crippen molar-refractivity contribution in [1.82, 2.24) is 4.90 Å². The van der Waals surface area contributed by atoms with Gasteiger partial charge in [0, 0.05) is 44.4 Å². The molecule has 0 unspecified atom stereocenters. The Morgan fingerprint density at radius 1 is 1.08 bits per heavy atom. The van der Waals surface area contributed by atoms with Gasteiger partial charge in [-0.15, -0.1) is 0 Å². The number of carbonyl (C=O) groups excluding carboxylic acids is 1. The summed E-state index contributed by atoms with van der Waals surface area (Å²) in [7, 11) is 1.66. The second kappa shape index (κ2) is 8.01. The van der Waals surface area contributed by atoms with E-state index in [1.54, 1.807) is 19.2 Å². The Balaban J connectivity index is 1.49. The third kappa shape index (κ3) is 4.50. The third-order valence-corrected chi connectivity index (χ3v) is 4.59. The lowest BCUT2D eigenvalue weighted by molar-refractivity contribution is -0.131. The van der Waals surface area contributed by atoms with Crippen molar-refractivity contribution in [2.45, 2.75) is 12.8 Å². The Bertz CT molecular complexity index is 710. The number of anilines is 1. The predicted molar refractivity (Wildman–Crippen MR) is 96.5 cm³/mol. The highest BCUT2D eigenvalue weighted by Crippen LogP contribution is 2.22. The van der Waals surface area contributed by atoms with Crippen LogP contribution in [0, 0.1) is 5.82 Å². The van der Waals surface area contributed by atoms with Crippen molar-refractivity contribution in [3.8, 4) is 5.75 Å². The second-order valence-corrected chi connectivity index (χ2v) is 6.20. The molecule has 1 heterocycles. The zero-order valence-corrected chi connectivity index (χ0v) is 14.5. The van der Waals surface area contributed by atoms with E-state index >= 15 is 0 Å². The van der Waals surface area contributed by atoms with Gasteiger partial charge in [0.1, 0.15) is 11.6 Å². The maximum Gasteiger partial charge on any atom is 0.223 e. The van der Waals surface area contributed by atoms with E-state index in [-0.39, 0.29) is 11.7 Å². The van der Waals surface area contributed by atoms with Crippen LogP contribution in [-0.4, -0.2) is 44.1 Å². The van der Waals surface area contributed by atoms with Crippen molar-refractivity contribution in [2.24, 2.45) is 0 Å². The summed E-state index contributed by atoms with van der Waals surface area (Å²) in [6, 6.07) is 14.3. The lowest BCUT2D eigenvalue weighted by Gasteiger charge is -2.36. The lowest BCUT2D eigenvalue weighted by atomic mass is 10.1. The van der Waals surface area contributed by atoms with Crippen LogP contribution in [0.3, 0.4) is 0 Å². The van der Waals surface area contributed by atoms with Gasteiger partial charge >= 0.3 is 0 Å². The van der Waals surface area contributed by atoms with Crippen molar-refractivity contribution in [3.63, 3.8) is 0 Å². The van der Waals surface area contributed by atoms with E-state index in [1.165, 1.54) is 12.1 Å². The summed E-state index contributed by atoms with van der Waals surface area (Å²) in [6.07, 6.45) is 1.11. The number of hydrogen-bond donors (Lipinski definition) is 0. The van der Waals surface area contributed by atoms with Crippen molar-refractivity contribution in [1.29, 1.82) is 0 Å². The SMILES string of the molecule is COc1cccc(N2CCN(C(=O)CCc3ccc(F)cc3)CC2)c1. The first kappa shape index (κ1) is 17.3. The van der Waals surface area contributed by atoms with Crippen molar-refractivity contribution in [2.75, 3.05) is 38.2 Å². The molecule has 1 aliphatic rings. The maximum atomic E-state index is 12.9. The van der Waals surface area contributed by atoms with Crippen LogP contribution in [0.4, 0.5) is 10.1 Å². The number of ether oxygens (including phenoxy) is 1. The van der Waals surface area contributed by atoms with Gasteiger partial charge in [0.2, 0.25) is 5.91 Å². The third-order valence-electron chi connectivity index (χ3n) is 4.59. The average molecular weight is 342 g/mol. The summed E-state index contributed by atoms with van der Waals surface area (Å²) < 4.78 is 18.2. The molecular formula is C20H23FN2O2. The Kier molecular flexibility index (Phi) is 5.53. The minimum Gasteiger partial charge on any atom is -0.497 e.